The maximum Gasteiger partial charge on any atom is 0.237 e. The molecular weight excluding hydrogens is 403 g/mol. The summed E-state index contributed by atoms with van der Waals surface area (Å²) in [6.45, 7) is 8.28. The summed E-state index contributed by atoms with van der Waals surface area (Å²) in [5, 5.41) is 12.2. The summed E-state index contributed by atoms with van der Waals surface area (Å²) in [5.74, 6) is -0.117. The number of amides is 1. The molecule has 1 aromatic carbocycles. The maximum absolute atomic E-state index is 12.5. The van der Waals surface area contributed by atoms with Crippen molar-refractivity contribution < 1.29 is 4.79 Å². The molecule has 0 radical (unpaired) electrons. The first-order chi connectivity index (χ1) is 12.6. The quantitative estimate of drug-likeness (QED) is 0.567. The summed E-state index contributed by atoms with van der Waals surface area (Å²) in [5.41, 5.74) is 2.56. The minimum atomic E-state index is -0.377. The Labute approximate surface area is 172 Å². The van der Waals surface area contributed by atoms with E-state index in [-0.39, 0.29) is 16.6 Å². The molecule has 0 spiro atoms. The number of rotatable bonds is 4. The molecule has 2 aromatic heterocycles. The van der Waals surface area contributed by atoms with E-state index in [4.69, 9.17) is 23.2 Å². The number of nitrogens with zero attached hydrogens (tertiary/aromatic N) is 3. The van der Waals surface area contributed by atoms with Crippen LogP contribution < -0.4 is 5.32 Å². The fraction of sp³-hybridized carbons (Fsp3) is 0.316. The molecule has 1 N–H and O–H groups in total. The molecule has 0 aliphatic rings. The van der Waals surface area contributed by atoms with E-state index in [9.17, 15) is 4.79 Å². The molecular formula is C19H20Cl2N4OS. The van der Waals surface area contributed by atoms with Gasteiger partial charge in [-0.25, -0.2) is 0 Å². The monoisotopic (exact) mass is 422 g/mol. The van der Waals surface area contributed by atoms with E-state index in [0.717, 1.165) is 5.69 Å². The smallest absolute Gasteiger partial charge is 0.237 e. The zero-order valence-electron chi connectivity index (χ0n) is 15.5. The van der Waals surface area contributed by atoms with Crippen LogP contribution in [-0.4, -0.2) is 25.8 Å². The van der Waals surface area contributed by atoms with Crippen LogP contribution in [0.25, 0.3) is 5.65 Å². The van der Waals surface area contributed by atoms with Crippen LogP contribution in [0.5, 0.6) is 0 Å². The predicted octanol–water partition coefficient (Wildman–Crippen LogP) is 5.45. The van der Waals surface area contributed by atoms with Gasteiger partial charge in [0.15, 0.2) is 10.8 Å². The highest BCUT2D eigenvalue weighted by molar-refractivity contribution is 8.00. The Kier molecular flexibility index (Phi) is 5.70. The molecule has 0 bridgehead atoms. The number of aromatic nitrogens is 3. The van der Waals surface area contributed by atoms with Crippen molar-refractivity contribution in [1.29, 1.82) is 0 Å². The van der Waals surface area contributed by atoms with Crippen LogP contribution in [0.2, 0.25) is 10.0 Å². The standard InChI is InChI=1S/C19H20Cl2N4OS/c1-11(17(26)22-14-7-5-12(6-8-14)19(2,3)4)27-18-24-23-16-15(21)9-13(20)10-25(16)18/h5-11H,1-4H3,(H,22,26). The van der Waals surface area contributed by atoms with E-state index >= 15 is 0 Å². The van der Waals surface area contributed by atoms with Crippen molar-refractivity contribution in [2.45, 2.75) is 43.5 Å². The van der Waals surface area contributed by atoms with Gasteiger partial charge in [0.05, 0.1) is 15.3 Å². The van der Waals surface area contributed by atoms with Crippen LogP contribution in [0.4, 0.5) is 5.69 Å². The van der Waals surface area contributed by atoms with E-state index in [0.29, 0.717) is 20.8 Å². The summed E-state index contributed by atoms with van der Waals surface area (Å²) >= 11 is 13.5. The first-order valence-electron chi connectivity index (χ1n) is 8.43. The molecule has 27 heavy (non-hydrogen) atoms. The van der Waals surface area contributed by atoms with Crippen molar-refractivity contribution in [2.75, 3.05) is 5.32 Å². The number of thioether (sulfide) groups is 1. The minimum absolute atomic E-state index is 0.0724. The molecule has 3 aromatic rings. The first kappa shape index (κ1) is 20.0. The Balaban J connectivity index is 1.71. The maximum atomic E-state index is 12.5. The predicted molar refractivity (Wildman–Crippen MR) is 112 cm³/mol. The molecule has 2 heterocycles. The van der Waals surface area contributed by atoms with Gasteiger partial charge in [-0.05, 0) is 36.1 Å². The highest BCUT2D eigenvalue weighted by atomic mass is 35.5. The third kappa shape index (κ3) is 4.57. The highest BCUT2D eigenvalue weighted by Crippen LogP contribution is 2.28. The lowest BCUT2D eigenvalue weighted by Crippen LogP contribution is -2.22. The molecule has 0 aliphatic heterocycles. The van der Waals surface area contributed by atoms with Crippen molar-refractivity contribution >= 4 is 52.2 Å². The third-order valence-corrected chi connectivity index (χ3v) is 5.61. The second-order valence-corrected chi connectivity index (χ2v) is 9.41. The van der Waals surface area contributed by atoms with Gasteiger partial charge in [0.2, 0.25) is 5.91 Å². The molecule has 5 nitrogen and oxygen atoms in total. The fourth-order valence-electron chi connectivity index (χ4n) is 2.49. The lowest BCUT2D eigenvalue weighted by molar-refractivity contribution is -0.115. The Bertz CT molecular complexity index is 980. The molecule has 1 amide bonds. The summed E-state index contributed by atoms with van der Waals surface area (Å²) in [7, 11) is 0. The molecule has 0 saturated carbocycles. The molecule has 1 unspecified atom stereocenters. The number of benzene rings is 1. The van der Waals surface area contributed by atoms with Gasteiger partial charge in [-0.2, -0.15) is 0 Å². The number of fused-ring (bicyclic) bond motifs is 1. The van der Waals surface area contributed by atoms with Crippen molar-refractivity contribution in [3.63, 3.8) is 0 Å². The summed E-state index contributed by atoms with van der Waals surface area (Å²) in [4.78, 5) is 12.5. The fourth-order valence-corrected chi connectivity index (χ4v) is 3.82. The largest absolute Gasteiger partial charge is 0.325 e. The molecule has 0 saturated heterocycles. The number of halogens is 2. The molecule has 0 aliphatic carbocycles. The van der Waals surface area contributed by atoms with Crippen LogP contribution in [0.15, 0.2) is 41.7 Å². The topological polar surface area (TPSA) is 59.3 Å². The Hall–Kier alpha value is -1.76. The van der Waals surface area contributed by atoms with Crippen molar-refractivity contribution in [3.8, 4) is 0 Å². The van der Waals surface area contributed by atoms with Crippen molar-refractivity contribution in [1.82, 2.24) is 14.6 Å². The van der Waals surface area contributed by atoms with Crippen LogP contribution in [0.3, 0.4) is 0 Å². The average molecular weight is 423 g/mol. The van der Waals surface area contributed by atoms with E-state index < -0.39 is 0 Å². The van der Waals surface area contributed by atoms with Gasteiger partial charge in [0.1, 0.15) is 0 Å². The highest BCUT2D eigenvalue weighted by Gasteiger charge is 2.20. The van der Waals surface area contributed by atoms with Crippen LogP contribution in [-0.2, 0) is 10.2 Å². The molecule has 1 atom stereocenters. The zero-order valence-corrected chi connectivity index (χ0v) is 17.8. The third-order valence-electron chi connectivity index (χ3n) is 4.07. The van der Waals surface area contributed by atoms with Gasteiger partial charge >= 0.3 is 0 Å². The van der Waals surface area contributed by atoms with E-state index in [1.165, 1.54) is 17.3 Å². The number of hydrogen-bond donors (Lipinski definition) is 1. The van der Waals surface area contributed by atoms with E-state index in [2.05, 4.69) is 36.3 Å². The molecule has 0 fully saturated rings. The number of nitrogens with one attached hydrogen (secondary N) is 1. The van der Waals surface area contributed by atoms with E-state index in [1.807, 2.05) is 31.2 Å². The summed E-state index contributed by atoms with van der Waals surface area (Å²) in [6, 6.07) is 9.51. The Morgan fingerprint density at radius 1 is 1.19 bits per heavy atom. The summed E-state index contributed by atoms with van der Waals surface area (Å²) < 4.78 is 1.69. The normalized spacial score (nSPS) is 13.0. The number of carbonyl (C=O) groups excluding carboxylic acids is 1. The van der Waals surface area contributed by atoms with Gasteiger partial charge < -0.3 is 5.32 Å². The second kappa shape index (κ2) is 7.70. The number of carbonyl (C=O) groups is 1. The minimum Gasteiger partial charge on any atom is -0.325 e. The average Bonchev–Trinajstić information content (AvgIpc) is 2.97. The Morgan fingerprint density at radius 2 is 1.85 bits per heavy atom. The first-order valence-corrected chi connectivity index (χ1v) is 10.1. The van der Waals surface area contributed by atoms with Gasteiger partial charge in [-0.1, -0.05) is 67.9 Å². The number of hydrogen-bond acceptors (Lipinski definition) is 4. The molecule has 142 valence electrons. The van der Waals surface area contributed by atoms with Gasteiger partial charge in [-0.3, -0.25) is 9.20 Å². The van der Waals surface area contributed by atoms with Gasteiger partial charge in [0.25, 0.3) is 0 Å². The van der Waals surface area contributed by atoms with Crippen LogP contribution in [0.1, 0.15) is 33.3 Å². The van der Waals surface area contributed by atoms with Gasteiger partial charge in [0, 0.05) is 11.9 Å². The van der Waals surface area contributed by atoms with E-state index in [1.54, 1.807) is 16.7 Å². The number of pyridine rings is 1. The van der Waals surface area contributed by atoms with Crippen molar-refractivity contribution in [3.05, 3.63) is 52.1 Å². The molecule has 8 heteroatoms. The number of anilines is 1. The lowest BCUT2D eigenvalue weighted by Gasteiger charge is -2.19. The van der Waals surface area contributed by atoms with Crippen molar-refractivity contribution in [2.24, 2.45) is 0 Å². The molecule has 3 rings (SSSR count). The second-order valence-electron chi connectivity index (χ2n) is 7.26. The zero-order chi connectivity index (χ0) is 19.8. The summed E-state index contributed by atoms with van der Waals surface area (Å²) in [6.07, 6.45) is 1.68. The lowest BCUT2D eigenvalue weighted by atomic mass is 9.87. The SMILES string of the molecule is CC(Sc1nnc2c(Cl)cc(Cl)cn12)C(=O)Nc1ccc(C(C)(C)C)cc1. The van der Waals surface area contributed by atoms with Gasteiger partial charge in [-0.15, -0.1) is 10.2 Å². The Morgan fingerprint density at radius 3 is 2.48 bits per heavy atom. The van der Waals surface area contributed by atoms with Crippen LogP contribution >= 0.6 is 35.0 Å². The van der Waals surface area contributed by atoms with Crippen LogP contribution in [0, 0.1) is 0 Å².